The Morgan fingerprint density at radius 3 is 2.50 bits per heavy atom. The normalized spacial score (nSPS) is 27.5. The minimum atomic E-state index is -3.42. The third-order valence-electron chi connectivity index (χ3n) is 8.45. The molecular formula is C30H34FN3O5S. The van der Waals surface area contributed by atoms with E-state index in [1.54, 1.807) is 43.9 Å². The first-order valence-corrected chi connectivity index (χ1v) is 15.4. The number of benzene rings is 2. The molecule has 1 saturated heterocycles. The summed E-state index contributed by atoms with van der Waals surface area (Å²) in [6.07, 6.45) is 1.27. The van der Waals surface area contributed by atoms with E-state index in [4.69, 9.17) is 4.74 Å². The SMILES string of the molecule is C[C@H]1[C@H]2[C@H]3C[C@@H]([C@@H]12)N(C(=O)OC(C)(C)C)[C@@H]3C(=O)N[C@H](C#N)Cc1ccc(-c2cccc(S(C)(=O)=O)c2)cc1F. The Morgan fingerprint density at radius 1 is 1.18 bits per heavy atom. The van der Waals surface area contributed by atoms with Crippen molar-refractivity contribution in [1.82, 2.24) is 10.2 Å². The highest BCUT2D eigenvalue weighted by Gasteiger charge is 2.71. The van der Waals surface area contributed by atoms with Crippen LogP contribution in [0, 0.1) is 40.8 Å². The van der Waals surface area contributed by atoms with Gasteiger partial charge in [-0.2, -0.15) is 5.26 Å². The van der Waals surface area contributed by atoms with Crippen LogP contribution in [-0.2, 0) is 25.8 Å². The minimum absolute atomic E-state index is 0.00980. The molecule has 1 aliphatic heterocycles. The number of nitriles is 1. The van der Waals surface area contributed by atoms with E-state index in [1.165, 1.54) is 24.3 Å². The summed E-state index contributed by atoms with van der Waals surface area (Å²) in [5.41, 5.74) is 0.569. The quantitative estimate of drug-likeness (QED) is 0.555. The lowest BCUT2D eigenvalue weighted by molar-refractivity contribution is -0.128. The smallest absolute Gasteiger partial charge is 0.411 e. The van der Waals surface area contributed by atoms with Crippen LogP contribution < -0.4 is 5.32 Å². The number of ether oxygens (including phenoxy) is 1. The summed E-state index contributed by atoms with van der Waals surface area (Å²) in [4.78, 5) is 28.4. The molecule has 10 heteroatoms. The number of likely N-dealkylation sites (tertiary alicyclic amines) is 1. The number of fused-ring (bicyclic) bond motifs is 5. The third kappa shape index (κ3) is 5.19. The number of carbonyl (C=O) groups excluding carboxylic acids is 2. The molecule has 7 atom stereocenters. The first-order valence-electron chi connectivity index (χ1n) is 13.5. The first kappa shape index (κ1) is 28.1. The average molecular weight is 568 g/mol. The van der Waals surface area contributed by atoms with Gasteiger partial charge >= 0.3 is 6.09 Å². The van der Waals surface area contributed by atoms with Crippen molar-refractivity contribution < 1.29 is 27.1 Å². The van der Waals surface area contributed by atoms with Gasteiger partial charge < -0.3 is 10.1 Å². The second-order valence-corrected chi connectivity index (χ2v) is 14.3. The zero-order valence-electron chi connectivity index (χ0n) is 23.2. The van der Waals surface area contributed by atoms with Gasteiger partial charge in [0, 0.05) is 18.7 Å². The van der Waals surface area contributed by atoms with Crippen LogP contribution in [0.1, 0.15) is 39.7 Å². The lowest BCUT2D eigenvalue weighted by Gasteiger charge is -2.35. The predicted molar refractivity (Wildman–Crippen MR) is 146 cm³/mol. The van der Waals surface area contributed by atoms with Crippen LogP contribution >= 0.6 is 0 Å². The van der Waals surface area contributed by atoms with Gasteiger partial charge in [-0.15, -0.1) is 0 Å². The van der Waals surface area contributed by atoms with Gasteiger partial charge in [0.25, 0.3) is 0 Å². The van der Waals surface area contributed by atoms with Crippen LogP contribution in [0.4, 0.5) is 9.18 Å². The molecule has 2 bridgehead atoms. The lowest BCUT2D eigenvalue weighted by atomic mass is 9.94. The molecule has 3 fully saturated rings. The maximum Gasteiger partial charge on any atom is 0.411 e. The zero-order chi connectivity index (χ0) is 29.1. The van der Waals surface area contributed by atoms with Gasteiger partial charge in [-0.05, 0) is 85.8 Å². The molecule has 40 heavy (non-hydrogen) atoms. The summed E-state index contributed by atoms with van der Waals surface area (Å²) >= 11 is 0. The van der Waals surface area contributed by atoms with Crippen molar-refractivity contribution in [3.05, 3.63) is 53.8 Å². The maximum atomic E-state index is 15.1. The van der Waals surface area contributed by atoms with E-state index in [1.807, 2.05) is 0 Å². The van der Waals surface area contributed by atoms with Gasteiger partial charge in [0.05, 0.1) is 11.0 Å². The number of sulfone groups is 1. The van der Waals surface area contributed by atoms with Gasteiger partial charge in [-0.3, -0.25) is 9.69 Å². The topological polar surface area (TPSA) is 117 Å². The predicted octanol–water partition coefficient (Wildman–Crippen LogP) is 4.34. The lowest BCUT2D eigenvalue weighted by Crippen LogP contribution is -2.56. The summed E-state index contributed by atoms with van der Waals surface area (Å²) in [6.45, 7) is 7.49. The molecule has 2 amide bonds. The van der Waals surface area contributed by atoms with Gasteiger partial charge in [0.2, 0.25) is 5.91 Å². The van der Waals surface area contributed by atoms with E-state index in [2.05, 4.69) is 18.3 Å². The maximum absolute atomic E-state index is 15.1. The molecule has 212 valence electrons. The van der Waals surface area contributed by atoms with Crippen molar-refractivity contribution in [2.75, 3.05) is 6.26 Å². The fourth-order valence-corrected chi connectivity index (χ4v) is 7.41. The number of rotatable bonds is 6. The third-order valence-corrected chi connectivity index (χ3v) is 9.56. The second kappa shape index (κ2) is 9.88. The van der Waals surface area contributed by atoms with Crippen LogP contribution in [0.5, 0.6) is 0 Å². The number of halogens is 1. The molecule has 2 aromatic rings. The van der Waals surface area contributed by atoms with E-state index >= 15 is 4.39 Å². The van der Waals surface area contributed by atoms with Crippen molar-refractivity contribution in [3.63, 3.8) is 0 Å². The summed E-state index contributed by atoms with van der Waals surface area (Å²) in [7, 11) is -3.42. The Morgan fingerprint density at radius 2 is 1.88 bits per heavy atom. The highest BCUT2D eigenvalue weighted by molar-refractivity contribution is 7.90. The number of amides is 2. The number of hydrogen-bond donors (Lipinski definition) is 1. The van der Waals surface area contributed by atoms with Crippen LogP contribution in [0.2, 0.25) is 0 Å². The highest BCUT2D eigenvalue weighted by atomic mass is 32.2. The Balaban J connectivity index is 1.31. The molecule has 0 aromatic heterocycles. The first-order chi connectivity index (χ1) is 18.7. The summed E-state index contributed by atoms with van der Waals surface area (Å²) < 4.78 is 44.6. The van der Waals surface area contributed by atoms with Crippen molar-refractivity contribution in [2.24, 2.45) is 23.7 Å². The van der Waals surface area contributed by atoms with E-state index in [9.17, 15) is 23.3 Å². The molecule has 3 aliphatic rings. The van der Waals surface area contributed by atoms with Gasteiger partial charge in [0.1, 0.15) is 23.5 Å². The Hall–Kier alpha value is -3.45. The Kier molecular flexibility index (Phi) is 6.94. The van der Waals surface area contributed by atoms with Gasteiger partial charge in [0.15, 0.2) is 9.84 Å². The van der Waals surface area contributed by atoms with Crippen molar-refractivity contribution in [3.8, 4) is 17.2 Å². The van der Waals surface area contributed by atoms with Crippen LogP contribution in [0.25, 0.3) is 11.1 Å². The fourth-order valence-electron chi connectivity index (χ4n) is 6.74. The summed E-state index contributed by atoms with van der Waals surface area (Å²) in [5.74, 6) is 0.212. The van der Waals surface area contributed by atoms with Crippen LogP contribution in [-0.4, -0.2) is 55.3 Å². The highest BCUT2D eigenvalue weighted by Crippen LogP contribution is 2.67. The summed E-state index contributed by atoms with van der Waals surface area (Å²) in [5, 5.41) is 12.6. The molecule has 0 unspecified atom stereocenters. The molecule has 2 saturated carbocycles. The second-order valence-electron chi connectivity index (χ2n) is 12.3. The number of nitrogens with zero attached hydrogens (tertiary/aromatic N) is 2. The van der Waals surface area contributed by atoms with E-state index in [0.29, 0.717) is 28.9 Å². The van der Waals surface area contributed by atoms with Gasteiger partial charge in [-0.25, -0.2) is 17.6 Å². The fraction of sp³-hybridized carbons (Fsp3) is 0.500. The number of hydrogen-bond acceptors (Lipinski definition) is 6. The Bertz CT molecular complexity index is 1510. The van der Waals surface area contributed by atoms with E-state index < -0.39 is 45.3 Å². The molecule has 0 spiro atoms. The molecule has 1 N–H and O–H groups in total. The molecule has 2 aromatic carbocycles. The van der Waals surface area contributed by atoms with E-state index in [-0.39, 0.29) is 28.8 Å². The van der Waals surface area contributed by atoms with Crippen LogP contribution in [0.3, 0.4) is 0 Å². The molecule has 1 heterocycles. The van der Waals surface area contributed by atoms with Gasteiger partial charge in [-0.1, -0.05) is 31.2 Å². The molecule has 0 radical (unpaired) electrons. The zero-order valence-corrected chi connectivity index (χ0v) is 24.0. The van der Waals surface area contributed by atoms with Crippen LogP contribution in [0.15, 0.2) is 47.4 Å². The average Bonchev–Trinajstić information content (AvgIpc) is 3.20. The monoisotopic (exact) mass is 567 g/mol. The van der Waals surface area contributed by atoms with E-state index in [0.717, 1.165) is 12.7 Å². The number of nitrogens with one attached hydrogen (secondary N) is 1. The standard InChI is InChI=1S/C30H34FN3O5S/c1-16-25-22-14-24(26(16)25)34(29(36)39-30(2,3)4)27(22)28(35)33-20(15-32)11-19-10-9-18(13-23(19)31)17-7-6-8-21(12-17)40(5,37)38/h6-10,12-13,16,20,22,24-27H,11,14H2,1-5H3,(H,33,35)/t16-,20-,22+,24-,25-,26+,27-/m0/s1. The summed E-state index contributed by atoms with van der Waals surface area (Å²) in [6, 6.07) is 11.0. The molecule has 8 nitrogen and oxygen atoms in total. The molecule has 2 aliphatic carbocycles. The van der Waals surface area contributed by atoms with Crippen molar-refractivity contribution >= 4 is 21.8 Å². The largest absolute Gasteiger partial charge is 0.444 e. The van der Waals surface area contributed by atoms with Crippen molar-refractivity contribution in [2.45, 2.75) is 69.2 Å². The number of piperidine rings is 1. The molecular weight excluding hydrogens is 533 g/mol. The molecule has 5 rings (SSSR count). The Labute approximate surface area is 234 Å². The van der Waals surface area contributed by atoms with Crippen molar-refractivity contribution in [1.29, 1.82) is 5.26 Å². The minimum Gasteiger partial charge on any atom is -0.444 e. The number of carbonyl (C=O) groups is 2.